The van der Waals surface area contributed by atoms with Crippen LogP contribution >= 0.6 is 11.6 Å². The van der Waals surface area contributed by atoms with Gasteiger partial charge in [-0.2, -0.15) is 0 Å². The standard InChI is InChI=1S/C21H29ClN2O4/c1-20(2,3)28-18(25)23-14-21(15-5-4-6-16(22)13-15)9-7-17(8-10-21)24-11-12-27-19(24)26/h4-6,13,17H,7-12,14H2,1-3H3,(H,23,25)/t17-,21-. The van der Waals surface area contributed by atoms with E-state index in [-0.39, 0.29) is 17.6 Å². The van der Waals surface area contributed by atoms with Crippen LogP contribution in [0.3, 0.4) is 0 Å². The largest absolute Gasteiger partial charge is 0.448 e. The normalized spacial score (nSPS) is 25.4. The van der Waals surface area contributed by atoms with Crippen molar-refractivity contribution in [3.8, 4) is 0 Å². The second-order valence-electron chi connectivity index (χ2n) is 8.69. The number of cyclic esters (lactones) is 1. The Balaban J connectivity index is 1.73. The molecule has 0 bridgehead atoms. The molecule has 3 rings (SSSR count). The second-order valence-corrected chi connectivity index (χ2v) is 9.12. The summed E-state index contributed by atoms with van der Waals surface area (Å²) in [6, 6.07) is 8.02. The van der Waals surface area contributed by atoms with Crippen LogP contribution in [0.5, 0.6) is 0 Å². The predicted octanol–water partition coefficient (Wildman–Crippen LogP) is 4.50. The van der Waals surface area contributed by atoms with Gasteiger partial charge in [0.25, 0.3) is 0 Å². The molecule has 1 aromatic carbocycles. The van der Waals surface area contributed by atoms with Crippen LogP contribution in [0.4, 0.5) is 9.59 Å². The molecule has 0 unspecified atom stereocenters. The van der Waals surface area contributed by atoms with E-state index in [1.807, 2.05) is 43.9 Å². The van der Waals surface area contributed by atoms with E-state index in [9.17, 15) is 9.59 Å². The van der Waals surface area contributed by atoms with Gasteiger partial charge in [-0.1, -0.05) is 23.7 Å². The number of alkyl carbamates (subject to hydrolysis) is 1. The third-order valence-electron chi connectivity index (χ3n) is 5.55. The maximum absolute atomic E-state index is 12.2. The van der Waals surface area contributed by atoms with Gasteiger partial charge in [0.1, 0.15) is 12.2 Å². The Bertz CT molecular complexity index is 723. The summed E-state index contributed by atoms with van der Waals surface area (Å²) in [4.78, 5) is 26.0. The van der Waals surface area contributed by atoms with Gasteiger partial charge >= 0.3 is 12.2 Å². The first-order chi connectivity index (χ1) is 13.2. The number of ether oxygens (including phenoxy) is 2. The highest BCUT2D eigenvalue weighted by atomic mass is 35.5. The number of nitrogens with one attached hydrogen (secondary N) is 1. The van der Waals surface area contributed by atoms with Gasteiger partial charge < -0.3 is 19.7 Å². The number of benzene rings is 1. The van der Waals surface area contributed by atoms with Crippen LogP contribution < -0.4 is 5.32 Å². The molecule has 0 radical (unpaired) electrons. The number of nitrogens with zero attached hydrogens (tertiary/aromatic N) is 1. The number of rotatable bonds is 4. The first-order valence-corrected chi connectivity index (χ1v) is 10.2. The molecule has 28 heavy (non-hydrogen) atoms. The lowest BCUT2D eigenvalue weighted by Gasteiger charge is -2.42. The Morgan fingerprint density at radius 3 is 2.64 bits per heavy atom. The van der Waals surface area contributed by atoms with Crippen LogP contribution in [0.1, 0.15) is 52.0 Å². The molecule has 1 saturated carbocycles. The molecule has 1 aliphatic carbocycles. The van der Waals surface area contributed by atoms with Crippen LogP contribution in [-0.2, 0) is 14.9 Å². The fourth-order valence-electron chi connectivity index (χ4n) is 4.15. The molecule has 2 fully saturated rings. The lowest BCUT2D eigenvalue weighted by atomic mass is 9.68. The first-order valence-electron chi connectivity index (χ1n) is 9.85. The van der Waals surface area contributed by atoms with Crippen LogP contribution in [0.15, 0.2) is 24.3 Å². The maximum atomic E-state index is 12.2. The number of hydrogen-bond acceptors (Lipinski definition) is 4. The third-order valence-corrected chi connectivity index (χ3v) is 5.79. The minimum Gasteiger partial charge on any atom is -0.448 e. The Morgan fingerprint density at radius 1 is 1.36 bits per heavy atom. The third kappa shape index (κ3) is 4.90. The molecule has 1 heterocycles. The highest BCUT2D eigenvalue weighted by Gasteiger charge is 2.41. The van der Waals surface area contributed by atoms with Gasteiger partial charge in [0.2, 0.25) is 0 Å². The van der Waals surface area contributed by atoms with Crippen molar-refractivity contribution in [3.63, 3.8) is 0 Å². The molecule has 1 aromatic rings. The van der Waals surface area contributed by atoms with Crippen LogP contribution in [-0.4, -0.2) is 48.4 Å². The summed E-state index contributed by atoms with van der Waals surface area (Å²) in [5.41, 5.74) is 0.335. The number of carbonyl (C=O) groups is 2. The monoisotopic (exact) mass is 408 g/mol. The lowest BCUT2D eigenvalue weighted by Crippen LogP contribution is -2.48. The number of amides is 2. The van der Waals surface area contributed by atoms with Gasteiger partial charge in [-0.3, -0.25) is 0 Å². The molecule has 1 aliphatic heterocycles. The van der Waals surface area contributed by atoms with Gasteiger partial charge in [0.05, 0.1) is 6.54 Å². The Labute approximate surface area is 171 Å². The fourth-order valence-corrected chi connectivity index (χ4v) is 4.34. The molecule has 0 atom stereocenters. The summed E-state index contributed by atoms with van der Waals surface area (Å²) in [6.07, 6.45) is 2.77. The van der Waals surface area contributed by atoms with E-state index in [0.29, 0.717) is 24.7 Å². The van der Waals surface area contributed by atoms with Gasteiger partial charge in [-0.25, -0.2) is 9.59 Å². The molecular formula is C21H29ClN2O4. The van der Waals surface area contributed by atoms with Crippen LogP contribution in [0.25, 0.3) is 0 Å². The van der Waals surface area contributed by atoms with Gasteiger partial charge in [0.15, 0.2) is 0 Å². The van der Waals surface area contributed by atoms with E-state index >= 15 is 0 Å². The topological polar surface area (TPSA) is 67.9 Å². The zero-order valence-electron chi connectivity index (χ0n) is 16.8. The van der Waals surface area contributed by atoms with Crippen molar-refractivity contribution in [2.75, 3.05) is 19.7 Å². The smallest absolute Gasteiger partial charge is 0.410 e. The highest BCUT2D eigenvalue weighted by molar-refractivity contribution is 6.30. The SMILES string of the molecule is CC(C)(C)OC(=O)NC[C@]1(c2cccc(Cl)c2)CC[C@H](N2CCOC2=O)CC1. The van der Waals surface area contributed by atoms with Crippen molar-refractivity contribution in [3.05, 3.63) is 34.9 Å². The average Bonchev–Trinajstić information content (AvgIpc) is 3.05. The average molecular weight is 409 g/mol. The minimum atomic E-state index is -0.541. The molecule has 1 N–H and O–H groups in total. The quantitative estimate of drug-likeness (QED) is 0.796. The Hall–Kier alpha value is -1.95. The van der Waals surface area contributed by atoms with Crippen LogP contribution in [0, 0.1) is 0 Å². The number of carbonyl (C=O) groups excluding carboxylic acids is 2. The molecule has 6 nitrogen and oxygen atoms in total. The molecule has 154 valence electrons. The zero-order chi connectivity index (χ0) is 20.4. The van der Waals surface area contributed by atoms with Crippen molar-refractivity contribution in [1.82, 2.24) is 10.2 Å². The van der Waals surface area contributed by atoms with Crippen molar-refractivity contribution >= 4 is 23.8 Å². The summed E-state index contributed by atoms with van der Waals surface area (Å²) in [5.74, 6) is 0. The maximum Gasteiger partial charge on any atom is 0.410 e. The van der Waals surface area contributed by atoms with E-state index in [1.165, 1.54) is 0 Å². The molecule has 2 aliphatic rings. The summed E-state index contributed by atoms with van der Waals surface area (Å²) < 4.78 is 10.5. The number of halogens is 1. The summed E-state index contributed by atoms with van der Waals surface area (Å²) in [7, 11) is 0. The van der Waals surface area contributed by atoms with Crippen molar-refractivity contribution < 1.29 is 19.1 Å². The summed E-state index contributed by atoms with van der Waals surface area (Å²) >= 11 is 6.25. The predicted molar refractivity (Wildman–Crippen MR) is 108 cm³/mol. The van der Waals surface area contributed by atoms with E-state index < -0.39 is 11.7 Å². The summed E-state index contributed by atoms with van der Waals surface area (Å²) in [6.45, 7) is 7.14. The number of hydrogen-bond donors (Lipinski definition) is 1. The van der Waals surface area contributed by atoms with Gasteiger partial charge in [-0.15, -0.1) is 0 Å². The Morgan fingerprint density at radius 2 is 2.07 bits per heavy atom. The Kier molecular flexibility index (Phi) is 6.08. The van der Waals surface area contributed by atoms with E-state index in [2.05, 4.69) is 11.4 Å². The second kappa shape index (κ2) is 8.19. The molecule has 2 amide bonds. The lowest BCUT2D eigenvalue weighted by molar-refractivity contribution is 0.0502. The molecule has 0 aromatic heterocycles. The molecule has 1 saturated heterocycles. The van der Waals surface area contributed by atoms with Crippen molar-refractivity contribution in [2.45, 2.75) is 63.5 Å². The molecule has 7 heteroatoms. The highest BCUT2D eigenvalue weighted by Crippen LogP contribution is 2.41. The van der Waals surface area contributed by atoms with Crippen molar-refractivity contribution in [1.29, 1.82) is 0 Å². The van der Waals surface area contributed by atoms with E-state index in [4.69, 9.17) is 21.1 Å². The fraction of sp³-hybridized carbons (Fsp3) is 0.619. The van der Waals surface area contributed by atoms with Gasteiger partial charge in [-0.05, 0) is 64.2 Å². The molecular weight excluding hydrogens is 380 g/mol. The zero-order valence-corrected chi connectivity index (χ0v) is 17.6. The molecule has 0 spiro atoms. The first kappa shape index (κ1) is 20.8. The van der Waals surface area contributed by atoms with E-state index in [1.54, 1.807) is 0 Å². The van der Waals surface area contributed by atoms with Crippen molar-refractivity contribution in [2.24, 2.45) is 0 Å². The van der Waals surface area contributed by atoms with E-state index in [0.717, 1.165) is 31.2 Å². The van der Waals surface area contributed by atoms with Gasteiger partial charge in [0, 0.05) is 23.0 Å². The minimum absolute atomic E-state index is 0.184. The summed E-state index contributed by atoms with van der Waals surface area (Å²) in [5, 5.41) is 3.63. The van der Waals surface area contributed by atoms with Crippen LogP contribution in [0.2, 0.25) is 5.02 Å².